The molecule has 2 heterocycles. The first-order valence-electron chi connectivity index (χ1n) is 7.86. The van der Waals surface area contributed by atoms with Crippen LogP contribution in [0.1, 0.15) is 19.7 Å². The molecule has 1 aliphatic rings. The van der Waals surface area contributed by atoms with Crippen LogP contribution in [0.4, 0.5) is 0 Å². The van der Waals surface area contributed by atoms with Crippen LogP contribution in [-0.2, 0) is 16.1 Å². The van der Waals surface area contributed by atoms with Crippen LogP contribution in [0.5, 0.6) is 0 Å². The minimum atomic E-state index is -0.107. The molecule has 0 saturated carbocycles. The molecule has 2 aromatic rings. The molecule has 3 rings (SSSR count). The highest BCUT2D eigenvalue weighted by Crippen LogP contribution is 2.29. The molecule has 23 heavy (non-hydrogen) atoms. The monoisotopic (exact) mass is 331 g/mol. The van der Waals surface area contributed by atoms with Gasteiger partial charge in [0.15, 0.2) is 0 Å². The van der Waals surface area contributed by atoms with Gasteiger partial charge in [0.2, 0.25) is 0 Å². The maximum absolute atomic E-state index is 11.6. The molecule has 1 atom stereocenters. The Morgan fingerprint density at radius 1 is 1.30 bits per heavy atom. The van der Waals surface area contributed by atoms with Gasteiger partial charge in [-0.15, -0.1) is 0 Å². The molecule has 1 fully saturated rings. The number of aromatic nitrogens is 2. The van der Waals surface area contributed by atoms with E-state index in [-0.39, 0.29) is 11.0 Å². The van der Waals surface area contributed by atoms with Crippen LogP contribution in [0.2, 0.25) is 0 Å². The van der Waals surface area contributed by atoms with Gasteiger partial charge in [-0.05, 0) is 19.9 Å². The van der Waals surface area contributed by atoms with Crippen molar-refractivity contribution in [2.75, 3.05) is 26.3 Å². The smallest absolute Gasteiger partial charge is 0.144 e. The highest BCUT2D eigenvalue weighted by Gasteiger charge is 2.17. The van der Waals surface area contributed by atoms with Gasteiger partial charge < -0.3 is 4.74 Å². The molecule has 0 bridgehead atoms. The van der Waals surface area contributed by atoms with Crippen molar-refractivity contribution in [1.29, 1.82) is 0 Å². The van der Waals surface area contributed by atoms with Crippen LogP contribution in [0.25, 0.3) is 10.9 Å². The zero-order chi connectivity index (χ0) is 16.2. The zero-order valence-electron chi connectivity index (χ0n) is 13.5. The first-order valence-corrected chi connectivity index (χ1v) is 8.74. The van der Waals surface area contributed by atoms with Crippen molar-refractivity contribution in [3.05, 3.63) is 30.1 Å². The molecule has 1 aliphatic heterocycles. The molecular weight excluding hydrogens is 310 g/mol. The highest BCUT2D eigenvalue weighted by molar-refractivity contribution is 8.00. The molecule has 0 spiro atoms. The van der Waals surface area contributed by atoms with Gasteiger partial charge in [-0.3, -0.25) is 9.69 Å². The summed E-state index contributed by atoms with van der Waals surface area (Å²) in [5, 5.41) is 1.79. The number of fused-ring (bicyclic) bond motifs is 1. The van der Waals surface area contributed by atoms with Gasteiger partial charge in [0.1, 0.15) is 16.6 Å². The first-order chi connectivity index (χ1) is 11.1. The lowest BCUT2D eigenvalue weighted by Crippen LogP contribution is -2.36. The Bertz CT molecular complexity index is 701. The van der Waals surface area contributed by atoms with E-state index >= 15 is 0 Å². The summed E-state index contributed by atoms with van der Waals surface area (Å²) < 4.78 is 5.39. The summed E-state index contributed by atoms with van der Waals surface area (Å²) in [6.07, 6.45) is 0. The fraction of sp³-hybridized carbons (Fsp3) is 0.471. The van der Waals surface area contributed by atoms with Crippen molar-refractivity contribution in [1.82, 2.24) is 14.9 Å². The number of carbonyl (C=O) groups excluding carboxylic acids is 1. The second-order valence-corrected chi connectivity index (χ2v) is 7.05. The van der Waals surface area contributed by atoms with Crippen molar-refractivity contribution < 1.29 is 9.53 Å². The van der Waals surface area contributed by atoms with Gasteiger partial charge in [0, 0.05) is 18.5 Å². The van der Waals surface area contributed by atoms with Crippen molar-refractivity contribution in [3.63, 3.8) is 0 Å². The summed E-state index contributed by atoms with van der Waals surface area (Å²) in [4.78, 5) is 23.3. The number of morpholine rings is 1. The standard InChI is InChI=1S/C17H21N3O2S/c1-12(21)13(2)23-17-14-5-3-4-6-15(14)18-16(19-17)11-20-7-9-22-10-8-20/h3-6,13H,7-11H2,1-2H3. The number of thioether (sulfide) groups is 1. The van der Waals surface area contributed by atoms with Crippen LogP contribution < -0.4 is 0 Å². The zero-order valence-corrected chi connectivity index (χ0v) is 14.3. The van der Waals surface area contributed by atoms with Crippen molar-refractivity contribution in [3.8, 4) is 0 Å². The number of benzene rings is 1. The molecule has 122 valence electrons. The van der Waals surface area contributed by atoms with Crippen LogP contribution in [0, 0.1) is 0 Å². The molecule has 1 unspecified atom stereocenters. The fourth-order valence-corrected chi connectivity index (χ4v) is 3.42. The van der Waals surface area contributed by atoms with Gasteiger partial charge in [-0.2, -0.15) is 0 Å². The number of hydrogen-bond acceptors (Lipinski definition) is 6. The molecule has 0 amide bonds. The number of Topliss-reactive ketones (excluding diaryl/α,β-unsaturated/α-hetero) is 1. The minimum absolute atomic E-state index is 0.107. The van der Waals surface area contributed by atoms with E-state index in [9.17, 15) is 4.79 Å². The van der Waals surface area contributed by atoms with Gasteiger partial charge in [0.05, 0.1) is 30.5 Å². The third-order valence-electron chi connectivity index (χ3n) is 3.94. The Morgan fingerprint density at radius 3 is 2.78 bits per heavy atom. The van der Waals surface area contributed by atoms with Gasteiger partial charge in [0.25, 0.3) is 0 Å². The van der Waals surface area contributed by atoms with E-state index in [4.69, 9.17) is 14.7 Å². The average molecular weight is 331 g/mol. The molecule has 0 aliphatic carbocycles. The maximum Gasteiger partial charge on any atom is 0.144 e. The van der Waals surface area contributed by atoms with Gasteiger partial charge in [-0.1, -0.05) is 30.0 Å². The van der Waals surface area contributed by atoms with E-state index in [1.54, 1.807) is 6.92 Å². The normalized spacial score (nSPS) is 17.3. The summed E-state index contributed by atoms with van der Waals surface area (Å²) in [6.45, 7) is 7.59. The predicted molar refractivity (Wildman–Crippen MR) is 91.6 cm³/mol. The largest absolute Gasteiger partial charge is 0.379 e. The number of ketones is 1. The Labute approximate surface area is 140 Å². The molecular formula is C17H21N3O2S. The lowest BCUT2D eigenvalue weighted by molar-refractivity contribution is -0.116. The van der Waals surface area contributed by atoms with Crippen LogP contribution in [0.15, 0.2) is 29.3 Å². The van der Waals surface area contributed by atoms with E-state index in [0.717, 1.165) is 54.6 Å². The Hall–Kier alpha value is -1.50. The first kappa shape index (κ1) is 16.4. The second-order valence-electron chi connectivity index (χ2n) is 5.72. The molecule has 1 saturated heterocycles. The summed E-state index contributed by atoms with van der Waals surface area (Å²) in [5.41, 5.74) is 0.934. The van der Waals surface area contributed by atoms with Crippen molar-refractivity contribution in [2.45, 2.75) is 30.7 Å². The number of ether oxygens (including phenoxy) is 1. The lowest BCUT2D eigenvalue weighted by atomic mass is 10.2. The highest BCUT2D eigenvalue weighted by atomic mass is 32.2. The number of rotatable bonds is 5. The Kier molecular flexibility index (Phi) is 5.25. The van der Waals surface area contributed by atoms with Gasteiger partial charge in [-0.25, -0.2) is 9.97 Å². The average Bonchev–Trinajstić information content (AvgIpc) is 2.55. The van der Waals surface area contributed by atoms with E-state index in [2.05, 4.69) is 4.90 Å². The third-order valence-corrected chi connectivity index (χ3v) is 5.16. The number of para-hydroxylation sites is 1. The third kappa shape index (κ3) is 4.07. The summed E-state index contributed by atoms with van der Waals surface area (Å²) in [5.74, 6) is 0.969. The van der Waals surface area contributed by atoms with Crippen LogP contribution in [0.3, 0.4) is 0 Å². The van der Waals surface area contributed by atoms with E-state index < -0.39 is 0 Å². The summed E-state index contributed by atoms with van der Waals surface area (Å²) in [6, 6.07) is 7.98. The van der Waals surface area contributed by atoms with Crippen molar-refractivity contribution in [2.24, 2.45) is 0 Å². The number of hydrogen-bond donors (Lipinski definition) is 0. The van der Waals surface area contributed by atoms with E-state index in [1.807, 2.05) is 31.2 Å². The molecule has 1 aromatic carbocycles. The van der Waals surface area contributed by atoms with E-state index in [0.29, 0.717) is 0 Å². The molecule has 6 heteroatoms. The predicted octanol–water partition coefficient (Wildman–Crippen LogP) is 2.53. The quantitative estimate of drug-likeness (QED) is 0.620. The number of carbonyl (C=O) groups is 1. The van der Waals surface area contributed by atoms with Crippen LogP contribution >= 0.6 is 11.8 Å². The summed E-state index contributed by atoms with van der Waals surface area (Å²) in [7, 11) is 0. The topological polar surface area (TPSA) is 55.3 Å². The van der Waals surface area contributed by atoms with Crippen molar-refractivity contribution >= 4 is 28.4 Å². The minimum Gasteiger partial charge on any atom is -0.379 e. The summed E-state index contributed by atoms with van der Waals surface area (Å²) >= 11 is 1.51. The van der Waals surface area contributed by atoms with Crippen LogP contribution in [-0.4, -0.2) is 52.2 Å². The molecule has 0 radical (unpaired) electrons. The van der Waals surface area contributed by atoms with Gasteiger partial charge >= 0.3 is 0 Å². The maximum atomic E-state index is 11.6. The van der Waals surface area contributed by atoms with E-state index in [1.165, 1.54) is 11.8 Å². The Morgan fingerprint density at radius 2 is 2.04 bits per heavy atom. The molecule has 0 N–H and O–H groups in total. The lowest BCUT2D eigenvalue weighted by Gasteiger charge is -2.26. The Balaban J connectivity index is 1.90. The molecule has 5 nitrogen and oxygen atoms in total. The SMILES string of the molecule is CC(=O)C(C)Sc1nc(CN2CCOCC2)nc2ccccc12. The fourth-order valence-electron chi connectivity index (χ4n) is 2.46. The molecule has 1 aromatic heterocycles. The second kappa shape index (κ2) is 7.38. The number of nitrogens with zero attached hydrogens (tertiary/aromatic N) is 3.